The van der Waals surface area contributed by atoms with E-state index < -0.39 is 0 Å². The van der Waals surface area contributed by atoms with Gasteiger partial charge in [-0.05, 0) is 12.1 Å². The Bertz CT molecular complexity index is 560. The van der Waals surface area contributed by atoms with Crippen LogP contribution in [0.4, 0.5) is 16.3 Å². The molecular formula is C15H20N4O3S. The van der Waals surface area contributed by atoms with E-state index in [0.29, 0.717) is 31.9 Å². The number of hydrogen-bond acceptors (Lipinski definition) is 6. The summed E-state index contributed by atoms with van der Waals surface area (Å²) in [5.74, 6) is 1.61. The van der Waals surface area contributed by atoms with Crippen molar-refractivity contribution < 1.29 is 14.3 Å². The number of aromatic nitrogens is 1. The lowest BCUT2D eigenvalue weighted by Gasteiger charge is -2.27. The Morgan fingerprint density at radius 2 is 2.13 bits per heavy atom. The number of carbonyl (C=O) groups excluding carboxylic acids is 2. The molecule has 0 radical (unpaired) electrons. The fourth-order valence-corrected chi connectivity index (χ4v) is 3.38. The number of carbonyl (C=O) groups is 2. The Labute approximate surface area is 139 Å². The summed E-state index contributed by atoms with van der Waals surface area (Å²) in [5.41, 5.74) is 0.675. The van der Waals surface area contributed by atoms with Crippen LogP contribution in [0.1, 0.15) is 6.42 Å². The molecule has 7 nitrogen and oxygen atoms in total. The minimum absolute atomic E-state index is 0.0642. The molecule has 1 N–H and O–H groups in total. The molecule has 0 aromatic carbocycles. The predicted octanol–water partition coefficient (Wildman–Crippen LogP) is 1.42. The van der Waals surface area contributed by atoms with Crippen LogP contribution in [0.3, 0.4) is 0 Å². The van der Waals surface area contributed by atoms with Gasteiger partial charge in [-0.3, -0.25) is 9.59 Å². The van der Waals surface area contributed by atoms with Crippen LogP contribution < -0.4 is 10.2 Å². The van der Waals surface area contributed by atoms with E-state index in [1.165, 1.54) is 11.8 Å². The molecule has 2 amide bonds. The summed E-state index contributed by atoms with van der Waals surface area (Å²) in [4.78, 5) is 31.7. The standard InChI is InChI=1S/C15H20N4O3S/c20-14(3-4-19-7-10-23-15(19)21)17-12-1-2-13(16-11-12)18-5-8-22-9-6-18/h1-2,11H,3-10H2,(H,17,20). The van der Waals surface area contributed by atoms with Crippen molar-refractivity contribution in [3.05, 3.63) is 18.3 Å². The molecule has 0 atom stereocenters. The number of hydrogen-bond donors (Lipinski definition) is 1. The highest BCUT2D eigenvalue weighted by atomic mass is 32.2. The van der Waals surface area contributed by atoms with Crippen molar-refractivity contribution in [3.63, 3.8) is 0 Å². The summed E-state index contributed by atoms with van der Waals surface area (Å²) < 4.78 is 5.32. The van der Waals surface area contributed by atoms with Gasteiger partial charge in [-0.2, -0.15) is 0 Å². The highest BCUT2D eigenvalue weighted by Gasteiger charge is 2.21. The van der Waals surface area contributed by atoms with Gasteiger partial charge in [-0.15, -0.1) is 0 Å². The molecule has 1 aromatic rings. The van der Waals surface area contributed by atoms with E-state index in [2.05, 4.69) is 15.2 Å². The van der Waals surface area contributed by atoms with Crippen LogP contribution in [0.2, 0.25) is 0 Å². The number of ether oxygens (including phenoxy) is 1. The van der Waals surface area contributed by atoms with E-state index in [1.54, 1.807) is 11.1 Å². The molecule has 2 aliphatic rings. The highest BCUT2D eigenvalue weighted by Crippen LogP contribution is 2.18. The molecule has 124 valence electrons. The van der Waals surface area contributed by atoms with Crippen LogP contribution >= 0.6 is 11.8 Å². The Morgan fingerprint density at radius 3 is 2.78 bits per heavy atom. The van der Waals surface area contributed by atoms with Crippen LogP contribution in [0.5, 0.6) is 0 Å². The Balaban J connectivity index is 1.47. The third kappa shape index (κ3) is 4.35. The molecule has 0 unspecified atom stereocenters. The Kier molecular flexibility index (Phi) is 5.35. The molecule has 8 heteroatoms. The zero-order valence-electron chi connectivity index (χ0n) is 12.9. The van der Waals surface area contributed by atoms with Gasteiger partial charge < -0.3 is 19.9 Å². The minimum atomic E-state index is -0.101. The molecule has 0 bridgehead atoms. The van der Waals surface area contributed by atoms with Crippen LogP contribution in [-0.4, -0.2) is 66.2 Å². The number of pyridine rings is 1. The topological polar surface area (TPSA) is 74.8 Å². The quantitative estimate of drug-likeness (QED) is 0.876. The summed E-state index contributed by atoms with van der Waals surface area (Å²) in [7, 11) is 0. The van der Waals surface area contributed by atoms with E-state index in [4.69, 9.17) is 4.74 Å². The van der Waals surface area contributed by atoms with Crippen LogP contribution in [0.25, 0.3) is 0 Å². The first kappa shape index (κ1) is 16.1. The van der Waals surface area contributed by atoms with Gasteiger partial charge in [0.15, 0.2) is 0 Å². The van der Waals surface area contributed by atoms with E-state index >= 15 is 0 Å². The molecule has 23 heavy (non-hydrogen) atoms. The third-order valence-electron chi connectivity index (χ3n) is 3.82. The zero-order valence-corrected chi connectivity index (χ0v) is 13.7. The fraction of sp³-hybridized carbons (Fsp3) is 0.533. The lowest BCUT2D eigenvalue weighted by Crippen LogP contribution is -2.36. The Morgan fingerprint density at radius 1 is 1.30 bits per heavy atom. The molecular weight excluding hydrogens is 316 g/mol. The van der Waals surface area contributed by atoms with Crippen molar-refractivity contribution in [2.75, 3.05) is 55.4 Å². The van der Waals surface area contributed by atoms with Gasteiger partial charge in [-0.1, -0.05) is 11.8 Å². The van der Waals surface area contributed by atoms with Crippen LogP contribution in [0.15, 0.2) is 18.3 Å². The third-order valence-corrected chi connectivity index (χ3v) is 4.71. The van der Waals surface area contributed by atoms with Crippen molar-refractivity contribution in [2.24, 2.45) is 0 Å². The summed E-state index contributed by atoms with van der Waals surface area (Å²) in [5, 5.41) is 2.89. The highest BCUT2D eigenvalue weighted by molar-refractivity contribution is 8.13. The molecule has 3 heterocycles. The van der Waals surface area contributed by atoms with E-state index in [-0.39, 0.29) is 11.1 Å². The number of anilines is 2. The second kappa shape index (κ2) is 7.65. The first-order valence-electron chi connectivity index (χ1n) is 7.73. The number of morpholine rings is 1. The predicted molar refractivity (Wildman–Crippen MR) is 89.9 cm³/mol. The molecule has 1 aromatic heterocycles. The molecule has 0 aliphatic carbocycles. The first-order chi connectivity index (χ1) is 11.2. The number of rotatable bonds is 5. The molecule has 2 aliphatic heterocycles. The lowest BCUT2D eigenvalue weighted by atomic mass is 10.3. The number of amides is 2. The zero-order chi connectivity index (χ0) is 16.1. The summed E-state index contributed by atoms with van der Waals surface area (Å²) in [6, 6.07) is 3.76. The first-order valence-corrected chi connectivity index (χ1v) is 8.71. The average molecular weight is 336 g/mol. The summed E-state index contributed by atoms with van der Waals surface area (Å²) in [6.45, 7) is 4.30. The van der Waals surface area contributed by atoms with Crippen molar-refractivity contribution in [2.45, 2.75) is 6.42 Å². The smallest absolute Gasteiger partial charge is 0.281 e. The van der Waals surface area contributed by atoms with E-state index in [1.807, 2.05) is 12.1 Å². The molecule has 0 spiro atoms. The van der Waals surface area contributed by atoms with Crippen molar-refractivity contribution >= 4 is 34.4 Å². The maximum atomic E-state index is 12.0. The second-order valence-corrected chi connectivity index (χ2v) is 6.45. The average Bonchev–Trinajstić information content (AvgIpc) is 3.00. The van der Waals surface area contributed by atoms with Gasteiger partial charge in [0, 0.05) is 38.4 Å². The van der Waals surface area contributed by atoms with E-state index in [9.17, 15) is 9.59 Å². The number of nitrogens with zero attached hydrogens (tertiary/aromatic N) is 3. The summed E-state index contributed by atoms with van der Waals surface area (Å²) in [6.07, 6.45) is 1.97. The Hall–Kier alpha value is -1.80. The number of nitrogens with one attached hydrogen (secondary N) is 1. The largest absolute Gasteiger partial charge is 0.378 e. The molecule has 2 saturated heterocycles. The fourth-order valence-electron chi connectivity index (χ4n) is 2.53. The SMILES string of the molecule is O=C(CCN1CCSC1=O)Nc1ccc(N2CCOCC2)nc1. The van der Waals surface area contributed by atoms with Crippen molar-refractivity contribution in [1.82, 2.24) is 9.88 Å². The number of thioether (sulfide) groups is 1. The normalized spacial score (nSPS) is 18.3. The van der Waals surface area contributed by atoms with Gasteiger partial charge in [0.1, 0.15) is 5.82 Å². The van der Waals surface area contributed by atoms with Gasteiger partial charge >= 0.3 is 0 Å². The maximum absolute atomic E-state index is 12.0. The van der Waals surface area contributed by atoms with Gasteiger partial charge in [0.05, 0.1) is 25.1 Å². The summed E-state index contributed by atoms with van der Waals surface area (Å²) >= 11 is 1.31. The van der Waals surface area contributed by atoms with Crippen molar-refractivity contribution in [1.29, 1.82) is 0 Å². The van der Waals surface area contributed by atoms with Crippen LogP contribution in [-0.2, 0) is 9.53 Å². The van der Waals surface area contributed by atoms with Gasteiger partial charge in [0.25, 0.3) is 5.24 Å². The van der Waals surface area contributed by atoms with E-state index in [0.717, 1.165) is 31.2 Å². The van der Waals surface area contributed by atoms with Crippen LogP contribution in [0, 0.1) is 0 Å². The minimum Gasteiger partial charge on any atom is -0.378 e. The molecule has 2 fully saturated rings. The molecule has 0 saturated carbocycles. The maximum Gasteiger partial charge on any atom is 0.281 e. The second-order valence-electron chi connectivity index (χ2n) is 5.40. The van der Waals surface area contributed by atoms with Gasteiger partial charge in [-0.25, -0.2) is 4.98 Å². The molecule has 3 rings (SSSR count). The monoisotopic (exact) mass is 336 g/mol. The lowest BCUT2D eigenvalue weighted by molar-refractivity contribution is -0.116. The van der Waals surface area contributed by atoms with Crippen molar-refractivity contribution in [3.8, 4) is 0 Å². The van der Waals surface area contributed by atoms with Gasteiger partial charge in [0.2, 0.25) is 5.91 Å².